The van der Waals surface area contributed by atoms with E-state index in [4.69, 9.17) is 28.3 Å². The lowest BCUT2D eigenvalue weighted by atomic mass is 10.1. The molecule has 5 N–H and O–H groups in total. The van der Waals surface area contributed by atoms with Crippen molar-refractivity contribution < 1.29 is 4.79 Å². The first-order chi connectivity index (χ1) is 9.51. The third-order valence-electron chi connectivity index (χ3n) is 2.71. The number of nitrogens with one attached hydrogen (secondary N) is 1. The molecule has 0 atom stereocenters. The van der Waals surface area contributed by atoms with Crippen molar-refractivity contribution in [1.82, 2.24) is 0 Å². The Bertz CT molecular complexity index is 722. The topological polar surface area (TPSA) is 105 Å². The van der Waals surface area contributed by atoms with E-state index < -0.39 is 5.91 Å². The van der Waals surface area contributed by atoms with E-state index in [9.17, 15) is 4.79 Å². The number of hydrogen-bond donors (Lipinski definition) is 3. The zero-order chi connectivity index (χ0) is 14.7. The maximum absolute atomic E-state index is 11.1. The van der Waals surface area contributed by atoms with Crippen LogP contribution in [0.15, 0.2) is 36.4 Å². The van der Waals surface area contributed by atoms with E-state index in [1.54, 1.807) is 30.3 Å². The molecule has 1 amide bonds. The van der Waals surface area contributed by atoms with Gasteiger partial charge in [0.15, 0.2) is 0 Å². The normalized spacial score (nSPS) is 9.80. The summed E-state index contributed by atoms with van der Waals surface area (Å²) in [7, 11) is 0. The van der Waals surface area contributed by atoms with Gasteiger partial charge in [-0.05, 0) is 36.4 Å². The number of rotatable bonds is 3. The number of anilines is 3. The Kier molecular flexibility index (Phi) is 3.78. The largest absolute Gasteiger partial charge is 0.397 e. The Morgan fingerprint density at radius 3 is 2.55 bits per heavy atom. The number of hydrogen-bond acceptors (Lipinski definition) is 4. The monoisotopic (exact) mass is 286 g/mol. The number of halogens is 1. The minimum atomic E-state index is -0.552. The van der Waals surface area contributed by atoms with Crippen LogP contribution in [-0.2, 0) is 0 Å². The first-order valence-electron chi connectivity index (χ1n) is 5.67. The van der Waals surface area contributed by atoms with Crippen molar-refractivity contribution in [3.05, 3.63) is 52.5 Å². The molecule has 100 valence electrons. The van der Waals surface area contributed by atoms with Gasteiger partial charge in [-0.2, -0.15) is 5.26 Å². The van der Waals surface area contributed by atoms with Gasteiger partial charge in [-0.15, -0.1) is 0 Å². The van der Waals surface area contributed by atoms with E-state index in [1.807, 2.05) is 0 Å². The lowest BCUT2D eigenvalue weighted by molar-refractivity contribution is 0.100. The van der Waals surface area contributed by atoms with Crippen molar-refractivity contribution in [2.24, 2.45) is 5.73 Å². The molecule has 0 radical (unpaired) electrons. The molecule has 0 heterocycles. The van der Waals surface area contributed by atoms with Gasteiger partial charge in [0.1, 0.15) is 6.07 Å². The van der Waals surface area contributed by atoms with E-state index >= 15 is 0 Å². The van der Waals surface area contributed by atoms with E-state index in [2.05, 4.69) is 11.4 Å². The Balaban J connectivity index is 2.38. The zero-order valence-corrected chi connectivity index (χ0v) is 11.1. The summed E-state index contributed by atoms with van der Waals surface area (Å²) in [5, 5.41) is 12.6. The average molecular weight is 287 g/mol. The van der Waals surface area contributed by atoms with Gasteiger partial charge in [-0.1, -0.05) is 11.6 Å². The fraction of sp³-hybridized carbons (Fsp3) is 0. The fourth-order valence-electron chi connectivity index (χ4n) is 1.69. The van der Waals surface area contributed by atoms with Crippen molar-refractivity contribution in [2.75, 3.05) is 11.1 Å². The summed E-state index contributed by atoms with van der Waals surface area (Å²) in [6, 6.07) is 11.6. The van der Waals surface area contributed by atoms with Crippen LogP contribution in [0, 0.1) is 11.3 Å². The van der Waals surface area contributed by atoms with E-state index in [0.717, 1.165) is 0 Å². The van der Waals surface area contributed by atoms with Crippen molar-refractivity contribution in [3.8, 4) is 6.07 Å². The van der Waals surface area contributed by atoms with Crippen LogP contribution in [0.5, 0.6) is 0 Å². The van der Waals surface area contributed by atoms with Crippen molar-refractivity contribution in [3.63, 3.8) is 0 Å². The summed E-state index contributed by atoms with van der Waals surface area (Å²) < 4.78 is 0. The van der Waals surface area contributed by atoms with Crippen LogP contribution in [0.1, 0.15) is 15.9 Å². The molecule has 6 heteroatoms. The second-order valence-corrected chi connectivity index (χ2v) is 4.53. The van der Waals surface area contributed by atoms with Gasteiger partial charge in [-0.3, -0.25) is 4.79 Å². The molecule has 0 saturated heterocycles. The predicted molar refractivity (Wildman–Crippen MR) is 78.8 cm³/mol. The summed E-state index contributed by atoms with van der Waals surface area (Å²) >= 11 is 5.90. The quantitative estimate of drug-likeness (QED) is 0.754. The molecule has 0 aliphatic heterocycles. The van der Waals surface area contributed by atoms with E-state index in [1.165, 1.54) is 6.07 Å². The summed E-state index contributed by atoms with van der Waals surface area (Å²) in [6.07, 6.45) is 0. The van der Waals surface area contributed by atoms with Crippen molar-refractivity contribution in [2.45, 2.75) is 0 Å². The Morgan fingerprint density at radius 1 is 1.20 bits per heavy atom. The standard InChI is InChI=1S/C14H11ClN4O/c15-10-3-1-9(7-16)13(6-10)19-12-4-2-8(14(18)20)5-11(12)17/h1-6,19H,17H2,(H2,18,20). The maximum atomic E-state index is 11.1. The zero-order valence-electron chi connectivity index (χ0n) is 10.4. The van der Waals surface area contributed by atoms with Crippen molar-refractivity contribution in [1.29, 1.82) is 5.26 Å². The molecule has 20 heavy (non-hydrogen) atoms. The third kappa shape index (κ3) is 2.82. The Hall–Kier alpha value is -2.71. The van der Waals surface area contributed by atoms with Gasteiger partial charge in [0, 0.05) is 10.6 Å². The van der Waals surface area contributed by atoms with E-state index in [0.29, 0.717) is 33.2 Å². The number of nitrogen functional groups attached to an aromatic ring is 1. The number of carbonyl (C=O) groups excluding carboxylic acids is 1. The fourth-order valence-corrected chi connectivity index (χ4v) is 1.86. The highest BCUT2D eigenvalue weighted by Gasteiger charge is 2.08. The molecule has 0 spiro atoms. The highest BCUT2D eigenvalue weighted by molar-refractivity contribution is 6.30. The molecular weight excluding hydrogens is 276 g/mol. The van der Waals surface area contributed by atoms with Crippen molar-refractivity contribution >= 4 is 34.6 Å². The van der Waals surface area contributed by atoms with Gasteiger partial charge < -0.3 is 16.8 Å². The third-order valence-corrected chi connectivity index (χ3v) is 2.94. The van der Waals surface area contributed by atoms with Gasteiger partial charge in [0.25, 0.3) is 0 Å². The lowest BCUT2D eigenvalue weighted by Gasteiger charge is -2.11. The summed E-state index contributed by atoms with van der Waals surface area (Å²) in [6.45, 7) is 0. The highest BCUT2D eigenvalue weighted by Crippen LogP contribution is 2.28. The minimum absolute atomic E-state index is 0.319. The number of carbonyl (C=O) groups is 1. The van der Waals surface area contributed by atoms with Crippen LogP contribution in [0.2, 0.25) is 5.02 Å². The number of amides is 1. The molecule has 0 unspecified atom stereocenters. The number of primary amides is 1. The molecule has 0 bridgehead atoms. The van der Waals surface area contributed by atoms with Crippen LogP contribution < -0.4 is 16.8 Å². The summed E-state index contributed by atoms with van der Waals surface area (Å²) in [5.41, 5.74) is 13.2. The Morgan fingerprint density at radius 2 is 1.95 bits per heavy atom. The number of benzene rings is 2. The smallest absolute Gasteiger partial charge is 0.248 e. The van der Waals surface area contributed by atoms with Gasteiger partial charge in [0.2, 0.25) is 5.91 Å². The maximum Gasteiger partial charge on any atom is 0.248 e. The number of nitrogens with zero attached hydrogens (tertiary/aromatic N) is 1. The van der Waals surface area contributed by atoms with Gasteiger partial charge in [0.05, 0.1) is 22.6 Å². The SMILES string of the molecule is N#Cc1ccc(Cl)cc1Nc1ccc(C(N)=O)cc1N. The second kappa shape index (κ2) is 5.51. The number of nitriles is 1. The highest BCUT2D eigenvalue weighted by atomic mass is 35.5. The molecule has 2 aromatic rings. The average Bonchev–Trinajstić information content (AvgIpc) is 2.41. The molecular formula is C14H11ClN4O. The lowest BCUT2D eigenvalue weighted by Crippen LogP contribution is -2.11. The molecule has 0 aromatic heterocycles. The molecule has 5 nitrogen and oxygen atoms in total. The van der Waals surface area contributed by atoms with Gasteiger partial charge in [-0.25, -0.2) is 0 Å². The first-order valence-corrected chi connectivity index (χ1v) is 6.05. The van der Waals surface area contributed by atoms with Crippen LogP contribution in [-0.4, -0.2) is 5.91 Å². The molecule has 0 aliphatic carbocycles. The van der Waals surface area contributed by atoms with E-state index in [-0.39, 0.29) is 0 Å². The van der Waals surface area contributed by atoms with Crippen LogP contribution in [0.25, 0.3) is 0 Å². The predicted octanol–water partition coefficient (Wildman–Crippen LogP) is 2.64. The van der Waals surface area contributed by atoms with Crippen LogP contribution >= 0.6 is 11.6 Å². The summed E-state index contributed by atoms with van der Waals surface area (Å²) in [4.78, 5) is 11.1. The first kappa shape index (κ1) is 13.7. The molecule has 2 aromatic carbocycles. The minimum Gasteiger partial charge on any atom is -0.397 e. The second-order valence-electron chi connectivity index (χ2n) is 4.09. The van der Waals surface area contributed by atoms with Crippen LogP contribution in [0.3, 0.4) is 0 Å². The summed E-state index contributed by atoms with van der Waals surface area (Å²) in [5.74, 6) is -0.552. The molecule has 0 aliphatic rings. The number of nitrogens with two attached hydrogens (primary N) is 2. The molecule has 0 fully saturated rings. The Labute approximate surface area is 120 Å². The molecule has 0 saturated carbocycles. The van der Waals surface area contributed by atoms with Crippen LogP contribution in [0.4, 0.5) is 17.1 Å². The molecule has 2 rings (SSSR count). The van der Waals surface area contributed by atoms with Gasteiger partial charge >= 0.3 is 0 Å².